The Labute approximate surface area is 120 Å². The molecule has 1 heterocycles. The van der Waals surface area contributed by atoms with Gasteiger partial charge >= 0.3 is 0 Å². The van der Waals surface area contributed by atoms with Gasteiger partial charge in [-0.25, -0.2) is 8.78 Å². The lowest BCUT2D eigenvalue weighted by Gasteiger charge is -2.22. The first kappa shape index (κ1) is 15.2. The van der Waals surface area contributed by atoms with Gasteiger partial charge in [0.1, 0.15) is 17.4 Å². The fourth-order valence-electron chi connectivity index (χ4n) is 1.89. The Morgan fingerprint density at radius 3 is 2.76 bits per heavy atom. The SMILES string of the molecule is C[C@@](O)(CNC(=O)c1ccc(F)cc1F)Cc1ccco1. The van der Waals surface area contributed by atoms with Crippen LogP contribution in [0.1, 0.15) is 23.0 Å². The zero-order chi connectivity index (χ0) is 15.5. The number of amides is 1. The van der Waals surface area contributed by atoms with Gasteiger partial charge in [-0.2, -0.15) is 0 Å². The van der Waals surface area contributed by atoms with Crippen molar-refractivity contribution in [2.24, 2.45) is 0 Å². The summed E-state index contributed by atoms with van der Waals surface area (Å²) in [6.45, 7) is 1.43. The summed E-state index contributed by atoms with van der Waals surface area (Å²) in [5.74, 6) is -1.85. The molecule has 6 heteroatoms. The van der Waals surface area contributed by atoms with Gasteiger partial charge in [0.05, 0.1) is 17.4 Å². The van der Waals surface area contributed by atoms with Crippen molar-refractivity contribution in [2.45, 2.75) is 18.9 Å². The maximum Gasteiger partial charge on any atom is 0.254 e. The van der Waals surface area contributed by atoms with Crippen molar-refractivity contribution in [3.05, 3.63) is 59.6 Å². The van der Waals surface area contributed by atoms with E-state index in [0.29, 0.717) is 11.8 Å². The summed E-state index contributed by atoms with van der Waals surface area (Å²) in [6.07, 6.45) is 1.68. The van der Waals surface area contributed by atoms with Gasteiger partial charge < -0.3 is 14.8 Å². The normalized spacial score (nSPS) is 13.7. The van der Waals surface area contributed by atoms with Crippen molar-refractivity contribution in [1.82, 2.24) is 5.32 Å². The second-order valence-corrected chi connectivity index (χ2v) is 5.06. The first-order chi connectivity index (χ1) is 9.87. The summed E-state index contributed by atoms with van der Waals surface area (Å²) >= 11 is 0. The number of hydrogen-bond acceptors (Lipinski definition) is 3. The van der Waals surface area contributed by atoms with Crippen LogP contribution in [0, 0.1) is 11.6 Å². The molecule has 21 heavy (non-hydrogen) atoms. The van der Waals surface area contributed by atoms with Gasteiger partial charge in [-0.1, -0.05) is 0 Å². The standard InChI is InChI=1S/C15H15F2NO3/c1-15(20,8-11-3-2-6-21-11)9-18-14(19)12-5-4-10(16)7-13(12)17/h2-7,20H,8-9H2,1H3,(H,18,19)/t15-/m0/s1. The molecule has 0 bridgehead atoms. The van der Waals surface area contributed by atoms with Gasteiger partial charge in [-0.15, -0.1) is 0 Å². The number of benzene rings is 1. The zero-order valence-corrected chi connectivity index (χ0v) is 11.4. The van der Waals surface area contributed by atoms with Crippen LogP contribution in [0.25, 0.3) is 0 Å². The maximum absolute atomic E-state index is 13.4. The van der Waals surface area contributed by atoms with Crippen molar-refractivity contribution < 1.29 is 23.1 Å². The van der Waals surface area contributed by atoms with Crippen molar-refractivity contribution in [3.63, 3.8) is 0 Å². The largest absolute Gasteiger partial charge is 0.469 e. The predicted octanol–water partition coefficient (Wildman–Crippen LogP) is 2.28. The number of carbonyl (C=O) groups excluding carboxylic acids is 1. The second kappa shape index (κ2) is 6.05. The fourth-order valence-corrected chi connectivity index (χ4v) is 1.89. The molecule has 112 valence electrons. The molecule has 2 rings (SSSR count). The van der Waals surface area contributed by atoms with E-state index in [-0.39, 0.29) is 18.5 Å². The summed E-state index contributed by atoms with van der Waals surface area (Å²) < 4.78 is 31.3. The van der Waals surface area contributed by atoms with Gasteiger partial charge in [0.25, 0.3) is 5.91 Å². The highest BCUT2D eigenvalue weighted by atomic mass is 19.1. The minimum absolute atomic E-state index is 0.0939. The molecule has 1 amide bonds. The number of hydrogen-bond donors (Lipinski definition) is 2. The third-order valence-electron chi connectivity index (χ3n) is 2.94. The molecule has 0 fully saturated rings. The Kier molecular flexibility index (Phi) is 4.37. The number of aliphatic hydroxyl groups is 1. The quantitative estimate of drug-likeness (QED) is 0.889. The van der Waals surface area contributed by atoms with Crippen LogP contribution in [0.4, 0.5) is 8.78 Å². The first-order valence-corrected chi connectivity index (χ1v) is 6.35. The van der Waals surface area contributed by atoms with Crippen LogP contribution in [0.15, 0.2) is 41.0 Å². The van der Waals surface area contributed by atoms with Crippen LogP contribution < -0.4 is 5.32 Å². The molecule has 0 saturated carbocycles. The topological polar surface area (TPSA) is 62.5 Å². The van der Waals surface area contributed by atoms with Crippen molar-refractivity contribution in [2.75, 3.05) is 6.54 Å². The Morgan fingerprint density at radius 2 is 2.14 bits per heavy atom. The minimum atomic E-state index is -1.25. The van der Waals surface area contributed by atoms with Crippen LogP contribution in [0.2, 0.25) is 0 Å². The molecule has 0 saturated heterocycles. The molecule has 0 unspecified atom stereocenters. The molecule has 1 aromatic heterocycles. The third-order valence-corrected chi connectivity index (χ3v) is 2.94. The molecular formula is C15H15F2NO3. The lowest BCUT2D eigenvalue weighted by Crippen LogP contribution is -2.42. The molecule has 1 atom stereocenters. The average molecular weight is 295 g/mol. The minimum Gasteiger partial charge on any atom is -0.469 e. The van der Waals surface area contributed by atoms with Gasteiger partial charge in [-0.3, -0.25) is 4.79 Å². The number of nitrogens with one attached hydrogen (secondary N) is 1. The van der Waals surface area contributed by atoms with Crippen LogP contribution in [-0.2, 0) is 6.42 Å². The fraction of sp³-hybridized carbons (Fsp3) is 0.267. The van der Waals surface area contributed by atoms with Crippen LogP contribution in [0.5, 0.6) is 0 Å². The monoisotopic (exact) mass is 295 g/mol. The second-order valence-electron chi connectivity index (χ2n) is 5.06. The molecular weight excluding hydrogens is 280 g/mol. The lowest BCUT2D eigenvalue weighted by molar-refractivity contribution is 0.0509. The molecule has 0 aliphatic rings. The molecule has 2 N–H and O–H groups in total. The third kappa shape index (κ3) is 4.13. The Hall–Kier alpha value is -2.21. The van der Waals surface area contributed by atoms with E-state index in [1.807, 2.05) is 0 Å². The molecule has 1 aromatic carbocycles. The van der Waals surface area contributed by atoms with Gasteiger partial charge in [0, 0.05) is 19.0 Å². The van der Waals surface area contributed by atoms with E-state index in [1.54, 1.807) is 12.1 Å². The zero-order valence-electron chi connectivity index (χ0n) is 11.4. The van der Waals surface area contributed by atoms with E-state index >= 15 is 0 Å². The summed E-state index contributed by atoms with van der Waals surface area (Å²) in [6, 6.07) is 6.09. The summed E-state index contributed by atoms with van der Waals surface area (Å²) in [7, 11) is 0. The molecule has 2 aromatic rings. The Balaban J connectivity index is 1.96. The van der Waals surface area contributed by atoms with Crippen molar-refractivity contribution >= 4 is 5.91 Å². The highest BCUT2D eigenvalue weighted by molar-refractivity contribution is 5.94. The number of halogens is 2. The van der Waals surface area contributed by atoms with Crippen LogP contribution >= 0.6 is 0 Å². The summed E-state index contributed by atoms with van der Waals surface area (Å²) in [5, 5.41) is 12.6. The van der Waals surface area contributed by atoms with Gasteiger partial charge in [-0.05, 0) is 31.2 Å². The van der Waals surface area contributed by atoms with Crippen LogP contribution in [0.3, 0.4) is 0 Å². The molecule has 0 aliphatic heterocycles. The van der Waals surface area contributed by atoms with Crippen molar-refractivity contribution in [3.8, 4) is 0 Å². The van der Waals surface area contributed by atoms with Crippen molar-refractivity contribution in [1.29, 1.82) is 0 Å². The lowest BCUT2D eigenvalue weighted by atomic mass is 10.0. The average Bonchev–Trinajstić information content (AvgIpc) is 2.88. The molecule has 0 aliphatic carbocycles. The summed E-state index contributed by atoms with van der Waals surface area (Å²) in [4.78, 5) is 11.8. The number of rotatable bonds is 5. The first-order valence-electron chi connectivity index (χ1n) is 6.35. The predicted molar refractivity (Wildman–Crippen MR) is 71.7 cm³/mol. The molecule has 0 spiro atoms. The van der Waals surface area contributed by atoms with E-state index in [9.17, 15) is 18.7 Å². The van der Waals surface area contributed by atoms with E-state index in [2.05, 4.69) is 5.32 Å². The van der Waals surface area contributed by atoms with Crippen LogP contribution in [-0.4, -0.2) is 23.2 Å². The van der Waals surface area contributed by atoms with E-state index in [0.717, 1.165) is 12.1 Å². The van der Waals surface area contributed by atoms with Gasteiger partial charge in [0.2, 0.25) is 0 Å². The Morgan fingerprint density at radius 1 is 1.38 bits per heavy atom. The van der Waals surface area contributed by atoms with E-state index < -0.39 is 23.1 Å². The maximum atomic E-state index is 13.4. The van der Waals surface area contributed by atoms with Gasteiger partial charge in [0.15, 0.2) is 0 Å². The molecule has 4 nitrogen and oxygen atoms in total. The number of carbonyl (C=O) groups is 1. The highest BCUT2D eigenvalue weighted by Crippen LogP contribution is 2.14. The number of furan rings is 1. The highest BCUT2D eigenvalue weighted by Gasteiger charge is 2.24. The smallest absolute Gasteiger partial charge is 0.254 e. The van der Waals surface area contributed by atoms with E-state index in [1.165, 1.54) is 13.2 Å². The summed E-state index contributed by atoms with van der Waals surface area (Å²) in [5.41, 5.74) is -1.52. The molecule has 0 radical (unpaired) electrons. The Bertz CT molecular complexity index is 624. The van der Waals surface area contributed by atoms with E-state index in [4.69, 9.17) is 4.42 Å².